The second-order valence-electron chi connectivity index (χ2n) is 8.15. The van der Waals surface area contributed by atoms with E-state index in [2.05, 4.69) is 27.8 Å². The number of amides is 3. The molecule has 1 atom stereocenters. The van der Waals surface area contributed by atoms with Gasteiger partial charge in [0.25, 0.3) is 5.91 Å². The first-order valence-electron chi connectivity index (χ1n) is 11.4. The van der Waals surface area contributed by atoms with Crippen LogP contribution in [0.2, 0.25) is 0 Å². The van der Waals surface area contributed by atoms with Gasteiger partial charge < -0.3 is 20.3 Å². The molecular weight excluding hydrogens is 466 g/mol. The highest BCUT2D eigenvalue weighted by Crippen LogP contribution is 2.27. The molecule has 2 heterocycles. The van der Waals surface area contributed by atoms with Crippen LogP contribution in [0.5, 0.6) is 5.75 Å². The van der Waals surface area contributed by atoms with E-state index < -0.39 is 5.92 Å². The monoisotopic (exact) mass is 493 g/mol. The minimum Gasteiger partial charge on any atom is -0.497 e. The van der Waals surface area contributed by atoms with Gasteiger partial charge in [-0.3, -0.25) is 14.4 Å². The smallest absolute Gasteiger partial charge is 0.251 e. The summed E-state index contributed by atoms with van der Waals surface area (Å²) >= 11 is 1.25. The molecule has 2 aromatic carbocycles. The van der Waals surface area contributed by atoms with Crippen molar-refractivity contribution in [2.45, 2.75) is 26.2 Å². The number of rotatable bonds is 9. The van der Waals surface area contributed by atoms with Crippen molar-refractivity contribution in [3.63, 3.8) is 0 Å². The largest absolute Gasteiger partial charge is 0.497 e. The van der Waals surface area contributed by atoms with Crippen molar-refractivity contribution in [1.82, 2.24) is 15.5 Å². The summed E-state index contributed by atoms with van der Waals surface area (Å²) in [6.45, 7) is 2.79. The number of carbonyl (C=O) groups is 3. The lowest BCUT2D eigenvalue weighted by Gasteiger charge is -2.17. The normalized spacial score (nSPS) is 15.2. The fourth-order valence-corrected chi connectivity index (χ4v) is 4.55. The maximum Gasteiger partial charge on any atom is 0.251 e. The first-order chi connectivity index (χ1) is 17.0. The number of methoxy groups -OCH3 is 1. The van der Waals surface area contributed by atoms with E-state index in [1.54, 1.807) is 36.3 Å². The average Bonchev–Trinajstić information content (AvgIpc) is 3.50. The molecule has 0 aliphatic carbocycles. The third kappa shape index (κ3) is 6.02. The van der Waals surface area contributed by atoms with Crippen LogP contribution in [-0.4, -0.2) is 48.1 Å². The van der Waals surface area contributed by atoms with Gasteiger partial charge in [-0.15, -0.1) is 10.2 Å². The molecule has 10 heteroatoms. The molecule has 2 N–H and O–H groups in total. The van der Waals surface area contributed by atoms with E-state index in [0.29, 0.717) is 41.0 Å². The first-order valence-corrected chi connectivity index (χ1v) is 12.2. The lowest BCUT2D eigenvalue weighted by atomic mass is 10.1. The van der Waals surface area contributed by atoms with Gasteiger partial charge in [-0.25, -0.2) is 0 Å². The minimum absolute atomic E-state index is 0.0703. The quantitative estimate of drug-likeness (QED) is 0.474. The Bertz CT molecular complexity index is 1210. The molecule has 1 fully saturated rings. The Morgan fingerprint density at radius 1 is 1.17 bits per heavy atom. The molecule has 1 saturated heterocycles. The fraction of sp³-hybridized carbons (Fsp3) is 0.320. The maximum atomic E-state index is 12.7. The molecule has 35 heavy (non-hydrogen) atoms. The summed E-state index contributed by atoms with van der Waals surface area (Å²) in [5.74, 6) is -0.368. The van der Waals surface area contributed by atoms with E-state index in [9.17, 15) is 14.4 Å². The third-order valence-corrected chi connectivity index (χ3v) is 6.70. The van der Waals surface area contributed by atoms with Crippen LogP contribution < -0.4 is 20.3 Å². The van der Waals surface area contributed by atoms with Crippen LogP contribution in [0.3, 0.4) is 0 Å². The van der Waals surface area contributed by atoms with Crippen molar-refractivity contribution in [3.8, 4) is 5.75 Å². The minimum atomic E-state index is -0.456. The van der Waals surface area contributed by atoms with Gasteiger partial charge in [0.15, 0.2) is 0 Å². The van der Waals surface area contributed by atoms with Gasteiger partial charge in [-0.2, -0.15) is 0 Å². The summed E-state index contributed by atoms with van der Waals surface area (Å²) < 4.78 is 5.14. The fourth-order valence-electron chi connectivity index (χ4n) is 3.81. The molecule has 0 bridgehead atoms. The van der Waals surface area contributed by atoms with Crippen LogP contribution in [0.15, 0.2) is 48.5 Å². The second-order valence-corrected chi connectivity index (χ2v) is 9.22. The van der Waals surface area contributed by atoms with Gasteiger partial charge in [-0.1, -0.05) is 36.5 Å². The van der Waals surface area contributed by atoms with Gasteiger partial charge in [-0.05, 0) is 42.3 Å². The van der Waals surface area contributed by atoms with Crippen LogP contribution in [-0.2, 0) is 22.4 Å². The highest BCUT2D eigenvalue weighted by molar-refractivity contribution is 7.15. The standard InChI is InChI=1S/C25H27N5O4S/c1-3-16-7-9-19(10-8-16)30-15-18(14-22(30)31)24(33)27-25-29-28-21(35-25)11-12-26-23(32)17-5-4-6-20(13-17)34-2/h4-10,13,18H,3,11-12,14-15H2,1-2H3,(H,26,32)(H,27,29,33). The zero-order valence-corrected chi connectivity index (χ0v) is 20.4. The average molecular weight is 494 g/mol. The summed E-state index contributed by atoms with van der Waals surface area (Å²) in [7, 11) is 1.55. The Labute approximate surface area is 207 Å². The zero-order valence-electron chi connectivity index (χ0n) is 19.6. The van der Waals surface area contributed by atoms with Gasteiger partial charge in [0, 0.05) is 37.2 Å². The number of nitrogens with zero attached hydrogens (tertiary/aromatic N) is 3. The van der Waals surface area contributed by atoms with E-state index in [-0.39, 0.29) is 24.1 Å². The maximum absolute atomic E-state index is 12.7. The number of carbonyl (C=O) groups excluding carboxylic acids is 3. The van der Waals surface area contributed by atoms with E-state index in [0.717, 1.165) is 12.1 Å². The number of benzene rings is 2. The van der Waals surface area contributed by atoms with Crippen LogP contribution in [0.4, 0.5) is 10.8 Å². The van der Waals surface area contributed by atoms with Gasteiger partial charge in [0.05, 0.1) is 13.0 Å². The van der Waals surface area contributed by atoms with Gasteiger partial charge in [0.2, 0.25) is 16.9 Å². The van der Waals surface area contributed by atoms with Crippen molar-refractivity contribution in [1.29, 1.82) is 0 Å². The Kier molecular flexibility index (Phi) is 7.71. The van der Waals surface area contributed by atoms with Gasteiger partial charge in [0.1, 0.15) is 10.8 Å². The van der Waals surface area contributed by atoms with Crippen molar-refractivity contribution >= 4 is 39.9 Å². The predicted molar refractivity (Wildman–Crippen MR) is 134 cm³/mol. The number of hydrogen-bond donors (Lipinski definition) is 2. The Morgan fingerprint density at radius 3 is 2.71 bits per heavy atom. The molecule has 1 unspecified atom stereocenters. The molecule has 1 aliphatic rings. The molecule has 1 aromatic heterocycles. The number of hydrogen-bond acceptors (Lipinski definition) is 7. The van der Waals surface area contributed by atoms with Crippen molar-refractivity contribution < 1.29 is 19.1 Å². The SMILES string of the molecule is CCc1ccc(N2CC(C(=O)Nc3nnc(CCNC(=O)c4cccc(OC)c4)s3)CC2=O)cc1. The first kappa shape index (κ1) is 24.3. The predicted octanol–water partition coefficient (Wildman–Crippen LogP) is 3.07. The van der Waals surface area contributed by atoms with Crippen molar-refractivity contribution in [2.75, 3.05) is 30.4 Å². The number of ether oxygens (including phenoxy) is 1. The van der Waals surface area contributed by atoms with Crippen LogP contribution in [0.25, 0.3) is 0 Å². The highest BCUT2D eigenvalue weighted by Gasteiger charge is 2.35. The molecule has 182 valence electrons. The third-order valence-electron chi connectivity index (χ3n) is 5.81. The summed E-state index contributed by atoms with van der Waals surface area (Å²) in [6, 6.07) is 14.7. The van der Waals surface area contributed by atoms with Crippen molar-refractivity contribution in [3.05, 3.63) is 64.7 Å². The Morgan fingerprint density at radius 2 is 1.97 bits per heavy atom. The Hall–Kier alpha value is -3.79. The molecule has 0 radical (unpaired) electrons. The number of aromatic nitrogens is 2. The lowest BCUT2D eigenvalue weighted by Crippen LogP contribution is -2.28. The van der Waals surface area contributed by atoms with E-state index in [1.807, 2.05) is 24.3 Å². The van der Waals surface area contributed by atoms with E-state index in [1.165, 1.54) is 16.9 Å². The number of anilines is 2. The summed E-state index contributed by atoms with van der Waals surface area (Å²) in [5.41, 5.74) is 2.51. The van der Waals surface area contributed by atoms with Crippen LogP contribution in [0.1, 0.15) is 34.3 Å². The molecule has 3 aromatic rings. The summed E-state index contributed by atoms with van der Waals surface area (Å²) in [6.07, 6.45) is 1.56. The lowest BCUT2D eigenvalue weighted by molar-refractivity contribution is -0.122. The van der Waals surface area contributed by atoms with E-state index >= 15 is 0 Å². The molecule has 0 saturated carbocycles. The molecule has 1 aliphatic heterocycles. The topological polar surface area (TPSA) is 114 Å². The summed E-state index contributed by atoms with van der Waals surface area (Å²) in [4.78, 5) is 39.2. The summed E-state index contributed by atoms with van der Waals surface area (Å²) in [5, 5.41) is 14.8. The van der Waals surface area contributed by atoms with Crippen molar-refractivity contribution in [2.24, 2.45) is 5.92 Å². The molecular formula is C25H27N5O4S. The van der Waals surface area contributed by atoms with Crippen LogP contribution >= 0.6 is 11.3 Å². The second kappa shape index (κ2) is 11.1. The number of aryl methyl sites for hydroxylation is 1. The van der Waals surface area contributed by atoms with E-state index in [4.69, 9.17) is 4.74 Å². The molecule has 4 rings (SSSR count). The molecule has 3 amide bonds. The molecule has 9 nitrogen and oxygen atoms in total. The highest BCUT2D eigenvalue weighted by atomic mass is 32.1. The van der Waals surface area contributed by atoms with Gasteiger partial charge >= 0.3 is 0 Å². The zero-order chi connectivity index (χ0) is 24.8. The van der Waals surface area contributed by atoms with Crippen LogP contribution in [0, 0.1) is 5.92 Å². The number of nitrogens with one attached hydrogen (secondary N) is 2. The Balaban J connectivity index is 1.26. The molecule has 0 spiro atoms.